The van der Waals surface area contributed by atoms with Gasteiger partial charge in [0, 0.05) is 25.1 Å². The Morgan fingerprint density at radius 3 is 2.38 bits per heavy atom. The summed E-state index contributed by atoms with van der Waals surface area (Å²) in [6, 6.07) is 15.8. The van der Waals surface area contributed by atoms with E-state index in [0.29, 0.717) is 6.54 Å². The zero-order chi connectivity index (χ0) is 17.1. The molecule has 4 nitrogen and oxygen atoms in total. The van der Waals surface area contributed by atoms with E-state index in [-0.39, 0.29) is 17.7 Å². The van der Waals surface area contributed by atoms with Crippen molar-refractivity contribution in [1.82, 2.24) is 4.90 Å². The molecule has 4 heteroatoms. The number of amides is 1. The molecule has 0 unspecified atom stereocenters. The van der Waals surface area contributed by atoms with Crippen molar-refractivity contribution in [3.05, 3.63) is 59.7 Å². The van der Waals surface area contributed by atoms with E-state index in [1.54, 1.807) is 19.1 Å². The molecule has 1 saturated carbocycles. The van der Waals surface area contributed by atoms with Crippen molar-refractivity contribution in [2.75, 3.05) is 21.3 Å². The number of benzene rings is 2. The minimum Gasteiger partial charge on any atom is -0.496 e. The van der Waals surface area contributed by atoms with Gasteiger partial charge in [-0.25, -0.2) is 0 Å². The molecular weight excluding hydrogens is 302 g/mol. The van der Waals surface area contributed by atoms with Crippen LogP contribution in [0.5, 0.6) is 11.5 Å². The summed E-state index contributed by atoms with van der Waals surface area (Å²) in [5.41, 5.74) is 2.15. The van der Waals surface area contributed by atoms with Crippen LogP contribution in [0.2, 0.25) is 0 Å². The van der Waals surface area contributed by atoms with Crippen LogP contribution >= 0.6 is 0 Å². The van der Waals surface area contributed by atoms with Crippen LogP contribution < -0.4 is 9.47 Å². The molecule has 2 aromatic rings. The molecule has 1 aliphatic carbocycles. The van der Waals surface area contributed by atoms with E-state index in [1.807, 2.05) is 49.5 Å². The van der Waals surface area contributed by atoms with Gasteiger partial charge in [-0.3, -0.25) is 4.79 Å². The number of ether oxygens (including phenoxy) is 2. The van der Waals surface area contributed by atoms with E-state index in [9.17, 15) is 4.79 Å². The molecule has 24 heavy (non-hydrogen) atoms. The summed E-state index contributed by atoms with van der Waals surface area (Å²) in [6.07, 6.45) is 0.884. The number of hydrogen-bond acceptors (Lipinski definition) is 3. The zero-order valence-electron chi connectivity index (χ0n) is 14.4. The van der Waals surface area contributed by atoms with Gasteiger partial charge in [0.25, 0.3) is 0 Å². The molecule has 0 bridgehead atoms. The lowest BCUT2D eigenvalue weighted by Crippen LogP contribution is -2.28. The maximum absolute atomic E-state index is 12.7. The fourth-order valence-corrected chi connectivity index (χ4v) is 3.23. The van der Waals surface area contributed by atoms with Crippen LogP contribution in [0.1, 0.15) is 23.5 Å². The van der Waals surface area contributed by atoms with Crippen molar-refractivity contribution in [3.8, 4) is 11.5 Å². The van der Waals surface area contributed by atoms with Gasteiger partial charge in [0.1, 0.15) is 11.5 Å². The highest BCUT2D eigenvalue weighted by Gasteiger charge is 2.46. The fraction of sp³-hybridized carbons (Fsp3) is 0.350. The Labute approximate surface area is 143 Å². The average molecular weight is 325 g/mol. The molecule has 0 N–H and O–H groups in total. The molecule has 1 fully saturated rings. The number of carbonyl (C=O) groups is 1. The Morgan fingerprint density at radius 2 is 1.67 bits per heavy atom. The highest BCUT2D eigenvalue weighted by Crippen LogP contribution is 2.51. The van der Waals surface area contributed by atoms with Crippen molar-refractivity contribution in [2.45, 2.75) is 18.9 Å². The molecule has 1 aliphatic rings. The lowest BCUT2D eigenvalue weighted by atomic mass is 10.1. The van der Waals surface area contributed by atoms with Gasteiger partial charge in [-0.1, -0.05) is 36.4 Å². The van der Waals surface area contributed by atoms with Crippen molar-refractivity contribution < 1.29 is 14.3 Å². The third-order valence-corrected chi connectivity index (χ3v) is 4.62. The Kier molecular flexibility index (Phi) is 4.74. The predicted molar refractivity (Wildman–Crippen MR) is 93.3 cm³/mol. The Hall–Kier alpha value is -2.49. The first-order valence-corrected chi connectivity index (χ1v) is 8.15. The molecule has 3 rings (SSSR count). The first-order chi connectivity index (χ1) is 11.7. The van der Waals surface area contributed by atoms with Crippen molar-refractivity contribution in [2.24, 2.45) is 5.92 Å². The molecule has 0 radical (unpaired) electrons. The van der Waals surface area contributed by atoms with E-state index >= 15 is 0 Å². The van der Waals surface area contributed by atoms with E-state index in [0.717, 1.165) is 29.0 Å². The van der Waals surface area contributed by atoms with Crippen LogP contribution in [0.15, 0.2) is 48.5 Å². The molecule has 0 spiro atoms. The van der Waals surface area contributed by atoms with E-state index in [2.05, 4.69) is 6.07 Å². The van der Waals surface area contributed by atoms with Crippen molar-refractivity contribution >= 4 is 5.91 Å². The topological polar surface area (TPSA) is 38.8 Å². The first kappa shape index (κ1) is 16.4. The molecular formula is C20H23NO3. The van der Waals surface area contributed by atoms with Gasteiger partial charge < -0.3 is 14.4 Å². The molecule has 2 atom stereocenters. The van der Waals surface area contributed by atoms with Gasteiger partial charge in [0.05, 0.1) is 14.2 Å². The SMILES string of the molecule is COc1ccccc1CN(C)C(=O)[C@H]1C[C@H]1c1ccccc1OC. The fourth-order valence-electron chi connectivity index (χ4n) is 3.23. The number of rotatable bonds is 6. The molecule has 2 aromatic carbocycles. The first-order valence-electron chi connectivity index (χ1n) is 8.15. The summed E-state index contributed by atoms with van der Waals surface area (Å²) in [5.74, 6) is 2.16. The Morgan fingerprint density at radius 1 is 1.04 bits per heavy atom. The van der Waals surface area contributed by atoms with E-state index in [1.165, 1.54) is 0 Å². The van der Waals surface area contributed by atoms with Gasteiger partial charge in [-0.2, -0.15) is 0 Å². The largest absolute Gasteiger partial charge is 0.496 e. The summed E-state index contributed by atoms with van der Waals surface area (Å²) in [7, 11) is 5.18. The van der Waals surface area contributed by atoms with Gasteiger partial charge in [-0.15, -0.1) is 0 Å². The average Bonchev–Trinajstić information content (AvgIpc) is 3.42. The third kappa shape index (κ3) is 3.23. The smallest absolute Gasteiger partial charge is 0.226 e. The van der Waals surface area contributed by atoms with E-state index < -0.39 is 0 Å². The quantitative estimate of drug-likeness (QED) is 0.816. The van der Waals surface area contributed by atoms with Crippen LogP contribution in [0.4, 0.5) is 0 Å². The van der Waals surface area contributed by atoms with Crippen LogP contribution in [0.25, 0.3) is 0 Å². The number of hydrogen-bond donors (Lipinski definition) is 0. The second-order valence-electron chi connectivity index (χ2n) is 6.20. The summed E-state index contributed by atoms with van der Waals surface area (Å²) < 4.78 is 10.8. The molecule has 0 heterocycles. The van der Waals surface area contributed by atoms with Gasteiger partial charge >= 0.3 is 0 Å². The van der Waals surface area contributed by atoms with Gasteiger partial charge in [0.15, 0.2) is 0 Å². The standard InChI is InChI=1S/C20H23NO3/c1-21(13-14-8-4-6-10-18(14)23-2)20(22)17-12-16(17)15-9-5-7-11-19(15)24-3/h4-11,16-17H,12-13H2,1-3H3/t16-,17-/m0/s1. The zero-order valence-corrected chi connectivity index (χ0v) is 14.4. The number of nitrogens with zero attached hydrogens (tertiary/aromatic N) is 1. The monoisotopic (exact) mass is 325 g/mol. The maximum Gasteiger partial charge on any atom is 0.226 e. The highest BCUT2D eigenvalue weighted by atomic mass is 16.5. The number of carbonyl (C=O) groups excluding carboxylic acids is 1. The summed E-state index contributed by atoms with van der Waals surface area (Å²) >= 11 is 0. The number of methoxy groups -OCH3 is 2. The number of para-hydroxylation sites is 2. The van der Waals surface area contributed by atoms with Crippen LogP contribution in [-0.4, -0.2) is 32.1 Å². The Bertz CT molecular complexity index is 724. The lowest BCUT2D eigenvalue weighted by Gasteiger charge is -2.19. The molecule has 0 aromatic heterocycles. The van der Waals surface area contributed by atoms with Crippen LogP contribution in [0.3, 0.4) is 0 Å². The highest BCUT2D eigenvalue weighted by molar-refractivity contribution is 5.83. The van der Waals surface area contributed by atoms with Gasteiger partial charge in [0.2, 0.25) is 5.91 Å². The van der Waals surface area contributed by atoms with Crippen LogP contribution in [0, 0.1) is 5.92 Å². The summed E-state index contributed by atoms with van der Waals surface area (Å²) in [5, 5.41) is 0. The second-order valence-corrected chi connectivity index (χ2v) is 6.20. The summed E-state index contributed by atoms with van der Waals surface area (Å²) in [4.78, 5) is 14.5. The normalized spacial score (nSPS) is 18.8. The van der Waals surface area contributed by atoms with Crippen molar-refractivity contribution in [1.29, 1.82) is 0 Å². The third-order valence-electron chi connectivity index (χ3n) is 4.62. The predicted octanol–water partition coefficient (Wildman–Crippen LogP) is 3.47. The summed E-state index contributed by atoms with van der Waals surface area (Å²) in [6.45, 7) is 0.554. The molecule has 0 aliphatic heterocycles. The lowest BCUT2D eigenvalue weighted by molar-refractivity contribution is -0.131. The van der Waals surface area contributed by atoms with Crippen LogP contribution in [-0.2, 0) is 11.3 Å². The second kappa shape index (κ2) is 6.95. The molecule has 126 valence electrons. The van der Waals surface area contributed by atoms with Crippen molar-refractivity contribution in [3.63, 3.8) is 0 Å². The minimum atomic E-state index is 0.0426. The van der Waals surface area contributed by atoms with Gasteiger partial charge in [-0.05, 0) is 30.0 Å². The molecule has 1 amide bonds. The maximum atomic E-state index is 12.7. The molecule has 0 saturated heterocycles. The van der Waals surface area contributed by atoms with E-state index in [4.69, 9.17) is 9.47 Å². The minimum absolute atomic E-state index is 0.0426. The Balaban J connectivity index is 1.67.